The van der Waals surface area contributed by atoms with Gasteiger partial charge in [-0.1, -0.05) is 31.4 Å². The molecule has 2 aromatic rings. The lowest BCUT2D eigenvalue weighted by Gasteiger charge is -2.27. The first-order chi connectivity index (χ1) is 23.5. The van der Waals surface area contributed by atoms with Crippen LogP contribution in [-0.2, 0) is 16.1 Å². The Kier molecular flexibility index (Phi) is 19.5. The number of carbonyl (C=O) groups excluding carboxylic acids is 2. The van der Waals surface area contributed by atoms with Gasteiger partial charge in [-0.15, -0.1) is 0 Å². The minimum absolute atomic E-state index is 0.270. The van der Waals surface area contributed by atoms with Gasteiger partial charge < -0.3 is 25.8 Å². The summed E-state index contributed by atoms with van der Waals surface area (Å²) >= 11 is 0. The first-order valence-corrected chi connectivity index (χ1v) is 18.1. The van der Waals surface area contributed by atoms with Crippen LogP contribution in [0.25, 0.3) is 11.1 Å². The fourth-order valence-corrected chi connectivity index (χ4v) is 6.09. The van der Waals surface area contributed by atoms with Crippen molar-refractivity contribution in [3.8, 4) is 11.1 Å². The lowest BCUT2D eigenvalue weighted by Crippen LogP contribution is -2.29. The summed E-state index contributed by atoms with van der Waals surface area (Å²) < 4.78 is 0. The van der Waals surface area contributed by atoms with Crippen molar-refractivity contribution >= 4 is 18.4 Å². The van der Waals surface area contributed by atoms with Gasteiger partial charge in [-0.05, 0) is 129 Å². The topological polar surface area (TPSA) is 92.8 Å². The lowest BCUT2D eigenvalue weighted by atomic mass is 9.95. The van der Waals surface area contributed by atoms with Crippen molar-refractivity contribution in [3.63, 3.8) is 0 Å². The molecule has 272 valence electrons. The number of rotatable bonds is 12. The monoisotopic (exact) mass is 676 g/mol. The Labute approximate surface area is 297 Å². The molecule has 2 fully saturated rings. The highest BCUT2D eigenvalue weighted by Gasteiger charge is 2.15. The van der Waals surface area contributed by atoms with Gasteiger partial charge in [-0.2, -0.15) is 0 Å². The summed E-state index contributed by atoms with van der Waals surface area (Å²) in [5.74, 6) is 0. The van der Waals surface area contributed by atoms with E-state index in [4.69, 9.17) is 4.98 Å². The Bertz CT molecular complexity index is 1330. The van der Waals surface area contributed by atoms with Crippen LogP contribution < -0.4 is 16.0 Å². The molecule has 1 saturated heterocycles. The van der Waals surface area contributed by atoms with E-state index in [2.05, 4.69) is 96.8 Å². The minimum atomic E-state index is 0.270. The zero-order chi connectivity index (χ0) is 36.2. The number of benzene rings is 1. The second-order valence-electron chi connectivity index (χ2n) is 13.6. The number of hydrogen-bond donors (Lipinski definition) is 3. The van der Waals surface area contributed by atoms with E-state index in [1.54, 1.807) is 0 Å². The van der Waals surface area contributed by atoms with Crippen LogP contribution in [0.1, 0.15) is 76.1 Å². The maximum Gasteiger partial charge on any atom is 0.207 e. The molecule has 0 bridgehead atoms. The summed E-state index contributed by atoms with van der Waals surface area (Å²) in [5.41, 5.74) is 9.84. The summed E-state index contributed by atoms with van der Waals surface area (Å²) in [4.78, 5) is 32.8. The van der Waals surface area contributed by atoms with E-state index in [0.717, 1.165) is 62.0 Å². The molecule has 9 heteroatoms. The maximum absolute atomic E-state index is 10.7. The van der Waals surface area contributed by atoms with Gasteiger partial charge in [-0.3, -0.25) is 19.5 Å². The smallest absolute Gasteiger partial charge is 0.207 e. The number of anilines is 1. The van der Waals surface area contributed by atoms with Gasteiger partial charge in [0, 0.05) is 74.5 Å². The van der Waals surface area contributed by atoms with Crippen molar-refractivity contribution in [2.45, 2.75) is 85.7 Å². The molecular formula is C40H65N7O2. The molecule has 49 heavy (non-hydrogen) atoms. The Morgan fingerprint density at radius 2 is 1.71 bits per heavy atom. The van der Waals surface area contributed by atoms with Crippen LogP contribution in [0.3, 0.4) is 0 Å². The van der Waals surface area contributed by atoms with Crippen molar-refractivity contribution in [2.24, 2.45) is 0 Å². The molecule has 2 heterocycles. The molecule has 0 spiro atoms. The van der Waals surface area contributed by atoms with Crippen LogP contribution in [0.4, 0.5) is 5.69 Å². The Morgan fingerprint density at radius 3 is 2.29 bits per heavy atom. The van der Waals surface area contributed by atoms with Crippen molar-refractivity contribution in [1.29, 1.82) is 0 Å². The summed E-state index contributed by atoms with van der Waals surface area (Å²) in [6.45, 7) is 17.0. The van der Waals surface area contributed by atoms with E-state index < -0.39 is 0 Å². The lowest BCUT2D eigenvalue weighted by molar-refractivity contribution is -0.109. The number of likely N-dealkylation sites (N-methyl/N-ethyl adjacent to an activating group) is 1. The van der Waals surface area contributed by atoms with Gasteiger partial charge in [0.25, 0.3) is 0 Å². The van der Waals surface area contributed by atoms with Crippen molar-refractivity contribution < 1.29 is 9.59 Å². The van der Waals surface area contributed by atoms with Crippen molar-refractivity contribution in [1.82, 2.24) is 30.3 Å². The predicted octanol–water partition coefficient (Wildman–Crippen LogP) is 6.19. The van der Waals surface area contributed by atoms with Crippen LogP contribution >= 0.6 is 0 Å². The Morgan fingerprint density at radius 1 is 0.980 bits per heavy atom. The molecular weight excluding hydrogens is 610 g/mol. The van der Waals surface area contributed by atoms with E-state index in [9.17, 15) is 9.59 Å². The zero-order valence-electron chi connectivity index (χ0n) is 32.0. The average Bonchev–Trinajstić information content (AvgIpc) is 3.31. The molecule has 1 aliphatic heterocycles. The molecule has 2 aliphatic rings. The van der Waals surface area contributed by atoms with E-state index in [1.807, 2.05) is 33.2 Å². The Balaban J connectivity index is 0.000000302. The van der Waals surface area contributed by atoms with Gasteiger partial charge >= 0.3 is 0 Å². The van der Waals surface area contributed by atoms with Crippen LogP contribution in [0, 0.1) is 13.8 Å². The molecule has 1 amide bonds. The highest BCUT2D eigenvalue weighted by Crippen LogP contribution is 2.28. The number of amides is 1. The van der Waals surface area contributed by atoms with Crippen molar-refractivity contribution in [2.75, 3.05) is 72.8 Å². The van der Waals surface area contributed by atoms with Gasteiger partial charge in [0.05, 0.1) is 5.69 Å². The zero-order valence-corrected chi connectivity index (χ0v) is 32.0. The van der Waals surface area contributed by atoms with Crippen molar-refractivity contribution in [3.05, 3.63) is 70.2 Å². The number of aldehydes is 1. The number of nitrogens with zero attached hydrogens (tertiary/aromatic N) is 4. The highest BCUT2D eigenvalue weighted by molar-refractivity contribution is 5.76. The number of aryl methyl sites for hydroxylation is 1. The third-order valence-corrected chi connectivity index (χ3v) is 9.55. The van der Waals surface area contributed by atoms with E-state index in [0.29, 0.717) is 12.0 Å². The number of allylic oxidation sites excluding steroid dienone is 3. The third kappa shape index (κ3) is 15.3. The van der Waals surface area contributed by atoms with Gasteiger partial charge in [-0.25, -0.2) is 0 Å². The fraction of sp³-hybridized carbons (Fsp3) is 0.575. The fourth-order valence-electron chi connectivity index (χ4n) is 6.09. The molecule has 3 N–H and O–H groups in total. The standard InChI is InChI=1S/C22H32N4.C10H16N2O2.C8H17N/c1-5-23-22-14-20(13-17(2)18(22)3)19-7-8-21(24-15-19)16-26-10-6-9-25(4)11-12-26;1-8(4-9(2)11-3)10(6-13)5-12-7-14;1-9(2)8-6-4-3-5-7-8/h7-8,13-15,23H,5-6,9-12,16H2,1-4H3;4,6-7,11H,5H2,1-3H3,(H,12,14);8H,3-7H2,1-2H3/b;9-4-,10-8-;. The van der Waals surface area contributed by atoms with Gasteiger partial charge in [0.15, 0.2) is 0 Å². The summed E-state index contributed by atoms with van der Waals surface area (Å²) in [7, 11) is 8.40. The molecule has 1 saturated carbocycles. The van der Waals surface area contributed by atoms with Crippen LogP contribution in [-0.4, -0.2) is 106 Å². The largest absolute Gasteiger partial charge is 0.392 e. The number of nitrogens with one attached hydrogen (secondary N) is 3. The number of pyridine rings is 1. The summed E-state index contributed by atoms with van der Waals surface area (Å²) in [6.07, 6.45) is 13.7. The summed E-state index contributed by atoms with van der Waals surface area (Å²) in [6, 6.07) is 9.79. The quantitative estimate of drug-likeness (QED) is 0.140. The second-order valence-corrected chi connectivity index (χ2v) is 13.6. The SMILES string of the molecule is CCNc1cc(-c2ccc(CN3CCCN(C)CC3)nc2)cc(C)c1C.CN(C)C1CCCCC1.CN/C(C)=C\C(C)=C(/C=O)CNC=O. The molecule has 1 aromatic carbocycles. The molecule has 0 unspecified atom stereocenters. The summed E-state index contributed by atoms with van der Waals surface area (Å²) in [5, 5.41) is 8.87. The second kappa shape index (κ2) is 23.0. The first kappa shape index (κ1) is 41.6. The molecule has 9 nitrogen and oxygen atoms in total. The van der Waals surface area contributed by atoms with E-state index in [-0.39, 0.29) is 6.54 Å². The van der Waals surface area contributed by atoms with E-state index >= 15 is 0 Å². The third-order valence-electron chi connectivity index (χ3n) is 9.55. The number of carbonyl (C=O) groups is 2. The Hall–Kier alpha value is -3.53. The van der Waals surface area contributed by atoms with Crippen LogP contribution in [0.15, 0.2) is 53.4 Å². The first-order valence-electron chi connectivity index (χ1n) is 18.1. The van der Waals surface area contributed by atoms with Gasteiger partial charge in [0.1, 0.15) is 6.29 Å². The number of hydrogen-bond acceptors (Lipinski definition) is 8. The highest BCUT2D eigenvalue weighted by atomic mass is 16.1. The van der Waals surface area contributed by atoms with Gasteiger partial charge in [0.2, 0.25) is 6.41 Å². The number of aromatic nitrogens is 1. The minimum Gasteiger partial charge on any atom is -0.392 e. The predicted molar refractivity (Wildman–Crippen MR) is 207 cm³/mol. The van der Waals surface area contributed by atoms with Crippen LogP contribution in [0.2, 0.25) is 0 Å². The molecule has 1 aliphatic carbocycles. The maximum atomic E-state index is 10.7. The molecule has 0 atom stereocenters. The molecule has 4 rings (SSSR count). The average molecular weight is 676 g/mol. The van der Waals surface area contributed by atoms with Crippen LogP contribution in [0.5, 0.6) is 0 Å². The molecule has 0 radical (unpaired) electrons. The van der Waals surface area contributed by atoms with E-state index in [1.165, 1.54) is 73.0 Å². The molecule has 1 aromatic heterocycles. The normalized spacial score (nSPS) is 16.7.